The van der Waals surface area contributed by atoms with Crippen LogP contribution in [0.2, 0.25) is 0 Å². The minimum atomic E-state index is 0.0949. The molecule has 0 aromatic carbocycles. The third kappa shape index (κ3) is 3.56. The van der Waals surface area contributed by atoms with E-state index in [1.165, 1.54) is 5.56 Å². The van der Waals surface area contributed by atoms with Gasteiger partial charge in [-0.15, -0.1) is 0 Å². The fourth-order valence-electron chi connectivity index (χ4n) is 2.87. The highest BCUT2D eigenvalue weighted by atomic mass is 32.1. The number of aryl methyl sites for hydroxylation is 1. The van der Waals surface area contributed by atoms with Crippen LogP contribution in [0.4, 0.5) is 0 Å². The summed E-state index contributed by atoms with van der Waals surface area (Å²) in [5.41, 5.74) is 3.26. The number of aromatic nitrogens is 1. The van der Waals surface area contributed by atoms with Crippen LogP contribution < -0.4 is 5.32 Å². The normalized spacial score (nSPS) is 17.5. The van der Waals surface area contributed by atoms with Crippen molar-refractivity contribution in [2.24, 2.45) is 0 Å². The Morgan fingerprint density at radius 1 is 1.55 bits per heavy atom. The highest BCUT2D eigenvalue weighted by molar-refractivity contribution is 7.07. The van der Waals surface area contributed by atoms with Crippen LogP contribution in [-0.4, -0.2) is 36.1 Å². The molecule has 0 fully saturated rings. The quantitative estimate of drug-likeness (QED) is 0.916. The van der Waals surface area contributed by atoms with Crippen molar-refractivity contribution in [2.45, 2.75) is 38.3 Å². The number of nitrogens with one attached hydrogen (secondary N) is 1. The Morgan fingerprint density at radius 2 is 2.41 bits per heavy atom. The fraction of sp³-hybridized carbons (Fsp3) is 0.500. The highest BCUT2D eigenvalue weighted by Gasteiger charge is 2.26. The number of thiophene rings is 1. The van der Waals surface area contributed by atoms with E-state index in [1.54, 1.807) is 11.3 Å². The van der Waals surface area contributed by atoms with Gasteiger partial charge in [0.2, 0.25) is 5.91 Å². The zero-order valence-corrected chi connectivity index (χ0v) is 13.8. The largest absolute Gasteiger partial charge is 0.361 e. The first-order valence-electron chi connectivity index (χ1n) is 7.53. The first kappa shape index (κ1) is 15.2. The molecule has 118 valence electrons. The van der Waals surface area contributed by atoms with Crippen molar-refractivity contribution in [3.63, 3.8) is 0 Å². The molecule has 0 bridgehead atoms. The average molecular weight is 319 g/mol. The van der Waals surface area contributed by atoms with Gasteiger partial charge in [-0.2, -0.15) is 11.3 Å². The standard InChI is InChI=1S/C16H21N3O2S/c1-19(2)9-14-13-8-12(3-4-15(13)21-18-14)17-16(20)7-11-5-6-22-10-11/h5-6,10,12H,3-4,7-9H2,1-2H3,(H,17,20). The summed E-state index contributed by atoms with van der Waals surface area (Å²) in [5, 5.41) is 11.4. The van der Waals surface area contributed by atoms with E-state index in [1.807, 2.05) is 30.9 Å². The van der Waals surface area contributed by atoms with Crippen LogP contribution in [0.3, 0.4) is 0 Å². The summed E-state index contributed by atoms with van der Waals surface area (Å²) in [5.74, 6) is 1.08. The molecule has 0 radical (unpaired) electrons. The van der Waals surface area contributed by atoms with E-state index >= 15 is 0 Å². The maximum atomic E-state index is 12.1. The Hall–Kier alpha value is -1.66. The van der Waals surface area contributed by atoms with Crippen LogP contribution in [0.25, 0.3) is 0 Å². The van der Waals surface area contributed by atoms with Gasteiger partial charge in [0, 0.05) is 24.6 Å². The monoisotopic (exact) mass is 319 g/mol. The zero-order valence-electron chi connectivity index (χ0n) is 13.0. The lowest BCUT2D eigenvalue weighted by atomic mass is 9.92. The van der Waals surface area contributed by atoms with Crippen molar-refractivity contribution in [3.8, 4) is 0 Å². The molecule has 6 heteroatoms. The first-order chi connectivity index (χ1) is 10.6. The maximum absolute atomic E-state index is 12.1. The second-order valence-corrected chi connectivity index (χ2v) is 6.86. The number of fused-ring (bicyclic) bond motifs is 1. The third-order valence-electron chi connectivity index (χ3n) is 3.90. The van der Waals surface area contributed by atoms with Gasteiger partial charge in [0.1, 0.15) is 11.5 Å². The molecule has 0 spiro atoms. The Balaban J connectivity index is 1.61. The predicted molar refractivity (Wildman–Crippen MR) is 85.9 cm³/mol. The molecule has 3 rings (SSSR count). The first-order valence-corrected chi connectivity index (χ1v) is 8.47. The van der Waals surface area contributed by atoms with E-state index in [0.29, 0.717) is 6.42 Å². The Morgan fingerprint density at radius 3 is 3.14 bits per heavy atom. The number of hydrogen-bond donors (Lipinski definition) is 1. The molecular weight excluding hydrogens is 298 g/mol. The molecule has 0 saturated heterocycles. The lowest BCUT2D eigenvalue weighted by Gasteiger charge is -2.23. The number of hydrogen-bond acceptors (Lipinski definition) is 5. The summed E-state index contributed by atoms with van der Waals surface area (Å²) in [4.78, 5) is 14.2. The molecule has 0 saturated carbocycles. The van der Waals surface area contributed by atoms with Gasteiger partial charge < -0.3 is 14.7 Å². The van der Waals surface area contributed by atoms with E-state index in [4.69, 9.17) is 4.52 Å². The van der Waals surface area contributed by atoms with Gasteiger partial charge in [-0.05, 0) is 49.3 Å². The number of carbonyl (C=O) groups is 1. The van der Waals surface area contributed by atoms with Crippen LogP contribution in [0.5, 0.6) is 0 Å². The van der Waals surface area contributed by atoms with E-state index in [9.17, 15) is 4.79 Å². The minimum Gasteiger partial charge on any atom is -0.361 e. The minimum absolute atomic E-state index is 0.0949. The van der Waals surface area contributed by atoms with Gasteiger partial charge in [0.05, 0.1) is 6.42 Å². The summed E-state index contributed by atoms with van der Waals surface area (Å²) in [6.07, 6.45) is 3.04. The van der Waals surface area contributed by atoms with Gasteiger partial charge in [0.25, 0.3) is 0 Å². The van der Waals surface area contributed by atoms with Crippen molar-refractivity contribution in [2.75, 3.05) is 14.1 Å². The zero-order chi connectivity index (χ0) is 15.5. The van der Waals surface area contributed by atoms with Gasteiger partial charge in [-0.25, -0.2) is 0 Å². The maximum Gasteiger partial charge on any atom is 0.224 e. The van der Waals surface area contributed by atoms with Crippen LogP contribution in [-0.2, 0) is 30.6 Å². The molecule has 2 aromatic heterocycles. The van der Waals surface area contributed by atoms with Crippen molar-refractivity contribution in [3.05, 3.63) is 39.4 Å². The second-order valence-electron chi connectivity index (χ2n) is 6.08. The van der Waals surface area contributed by atoms with Crippen LogP contribution >= 0.6 is 11.3 Å². The average Bonchev–Trinajstić information content (AvgIpc) is 3.09. The molecule has 1 atom stereocenters. The molecule has 22 heavy (non-hydrogen) atoms. The Kier molecular flexibility index (Phi) is 4.59. The SMILES string of the molecule is CN(C)Cc1noc2c1CC(NC(=O)Cc1ccsc1)CC2. The number of nitrogens with zero attached hydrogens (tertiary/aromatic N) is 2. The fourth-order valence-corrected chi connectivity index (χ4v) is 3.54. The van der Waals surface area contributed by atoms with Crippen LogP contribution in [0, 0.1) is 0 Å². The topological polar surface area (TPSA) is 58.4 Å². The molecule has 0 aliphatic heterocycles. The van der Waals surface area contributed by atoms with Crippen molar-refractivity contribution in [1.29, 1.82) is 0 Å². The summed E-state index contributed by atoms with van der Waals surface area (Å²) in [7, 11) is 4.04. The highest BCUT2D eigenvalue weighted by Crippen LogP contribution is 2.25. The third-order valence-corrected chi connectivity index (χ3v) is 4.63. The second kappa shape index (κ2) is 6.62. The molecule has 2 heterocycles. The molecule has 1 aliphatic carbocycles. The van der Waals surface area contributed by atoms with E-state index in [2.05, 4.69) is 15.4 Å². The Labute approximate surface area is 134 Å². The van der Waals surface area contributed by atoms with Crippen LogP contribution in [0.15, 0.2) is 21.3 Å². The Bertz CT molecular complexity index is 634. The van der Waals surface area contributed by atoms with Gasteiger partial charge in [-0.3, -0.25) is 4.79 Å². The van der Waals surface area contributed by atoms with Gasteiger partial charge in [0.15, 0.2) is 0 Å². The van der Waals surface area contributed by atoms with E-state index < -0.39 is 0 Å². The molecule has 2 aromatic rings. The van der Waals surface area contributed by atoms with Crippen LogP contribution in [0.1, 0.15) is 29.0 Å². The summed E-state index contributed by atoms with van der Waals surface area (Å²) >= 11 is 1.62. The van der Waals surface area contributed by atoms with E-state index in [-0.39, 0.29) is 11.9 Å². The molecule has 1 aliphatic rings. The van der Waals surface area contributed by atoms with Gasteiger partial charge >= 0.3 is 0 Å². The summed E-state index contributed by atoms with van der Waals surface area (Å²) in [6.45, 7) is 0.772. The van der Waals surface area contributed by atoms with E-state index in [0.717, 1.165) is 42.8 Å². The predicted octanol–water partition coefficient (Wildman–Crippen LogP) is 2.01. The summed E-state index contributed by atoms with van der Waals surface area (Å²) in [6, 6.07) is 2.18. The number of rotatable bonds is 5. The van der Waals surface area contributed by atoms with Crippen molar-refractivity contribution >= 4 is 17.2 Å². The van der Waals surface area contributed by atoms with Crippen molar-refractivity contribution in [1.82, 2.24) is 15.4 Å². The number of carbonyl (C=O) groups excluding carboxylic acids is 1. The van der Waals surface area contributed by atoms with Gasteiger partial charge in [-0.1, -0.05) is 5.16 Å². The number of amides is 1. The molecule has 1 amide bonds. The van der Waals surface area contributed by atoms with Crippen molar-refractivity contribution < 1.29 is 9.32 Å². The summed E-state index contributed by atoms with van der Waals surface area (Å²) < 4.78 is 5.44. The smallest absolute Gasteiger partial charge is 0.224 e. The molecule has 1 N–H and O–H groups in total. The lowest BCUT2D eigenvalue weighted by Crippen LogP contribution is -2.39. The molecular formula is C16H21N3O2S. The molecule has 5 nitrogen and oxygen atoms in total. The molecule has 1 unspecified atom stereocenters. The lowest BCUT2D eigenvalue weighted by molar-refractivity contribution is -0.121.